The van der Waals surface area contributed by atoms with Crippen molar-refractivity contribution in [3.8, 4) is 0 Å². The van der Waals surface area contributed by atoms with Gasteiger partial charge in [-0.25, -0.2) is 0 Å². The van der Waals surface area contributed by atoms with E-state index in [4.69, 9.17) is 28.6 Å². The molecule has 2 saturated heterocycles. The molecule has 4 heterocycles. The van der Waals surface area contributed by atoms with Crippen molar-refractivity contribution in [1.82, 2.24) is 14.9 Å². The molecule has 0 bridgehead atoms. The molecule has 2 fully saturated rings. The Morgan fingerprint density at radius 3 is 2.61 bits per heavy atom. The van der Waals surface area contributed by atoms with E-state index < -0.39 is 0 Å². The number of hydrogen-bond donors (Lipinski definition) is 1. The molecule has 1 aromatic carbocycles. The molecule has 0 unspecified atom stereocenters. The monoisotopic (exact) mass is 523 g/mol. The molecule has 2 aromatic heterocycles. The van der Waals surface area contributed by atoms with Crippen LogP contribution in [0.3, 0.4) is 0 Å². The number of methoxy groups -OCH3 is 1. The Balaban J connectivity index is 1.53. The third-order valence-electron chi connectivity index (χ3n) is 7.22. The molecule has 0 spiro atoms. The number of rotatable bonds is 7. The normalized spacial score (nSPS) is 24.3. The number of thiocarbonyl (C=S) groups is 1. The van der Waals surface area contributed by atoms with Crippen LogP contribution in [0.5, 0.6) is 0 Å². The summed E-state index contributed by atoms with van der Waals surface area (Å²) < 4.78 is 7.60. The van der Waals surface area contributed by atoms with E-state index in [9.17, 15) is 0 Å². The van der Waals surface area contributed by atoms with Gasteiger partial charge in [0.05, 0.1) is 29.1 Å². The van der Waals surface area contributed by atoms with Crippen molar-refractivity contribution >= 4 is 40.3 Å². The van der Waals surface area contributed by atoms with E-state index in [2.05, 4.69) is 75.0 Å². The summed E-state index contributed by atoms with van der Waals surface area (Å²) in [5.41, 5.74) is 4.17. The van der Waals surface area contributed by atoms with Gasteiger partial charge >= 0.3 is 0 Å². The number of halogens is 1. The summed E-state index contributed by atoms with van der Waals surface area (Å²) in [6.45, 7) is 8.10. The lowest BCUT2D eigenvalue weighted by Crippen LogP contribution is -2.38. The predicted molar refractivity (Wildman–Crippen MR) is 151 cm³/mol. The summed E-state index contributed by atoms with van der Waals surface area (Å²) in [5.74, 6) is 1.31. The van der Waals surface area contributed by atoms with Gasteiger partial charge in [-0.05, 0) is 72.9 Å². The molecule has 3 aromatic rings. The summed E-state index contributed by atoms with van der Waals surface area (Å²) >= 11 is 12.9. The lowest BCUT2D eigenvalue weighted by Gasteiger charge is -2.37. The molecular formula is C28H34ClN5OS. The van der Waals surface area contributed by atoms with E-state index in [1.165, 1.54) is 6.42 Å². The third kappa shape index (κ3) is 4.97. The maximum absolute atomic E-state index is 6.94. The summed E-state index contributed by atoms with van der Waals surface area (Å²) in [4.78, 5) is 9.28. The number of anilines is 2. The Hall–Kier alpha value is -2.61. The molecule has 8 heteroatoms. The number of ether oxygens (including phenoxy) is 1. The average molecular weight is 524 g/mol. The van der Waals surface area contributed by atoms with E-state index in [0.717, 1.165) is 47.4 Å². The van der Waals surface area contributed by atoms with Gasteiger partial charge in [-0.1, -0.05) is 31.5 Å². The average Bonchev–Trinajstić information content (AvgIpc) is 3.46. The van der Waals surface area contributed by atoms with Crippen molar-refractivity contribution in [2.75, 3.05) is 36.6 Å². The zero-order valence-corrected chi connectivity index (χ0v) is 22.7. The second kappa shape index (κ2) is 10.8. The van der Waals surface area contributed by atoms with Crippen LogP contribution in [-0.4, -0.2) is 41.5 Å². The third-order valence-corrected chi connectivity index (χ3v) is 7.84. The summed E-state index contributed by atoms with van der Waals surface area (Å²) in [7, 11) is 1.73. The number of nitrogens with zero attached hydrogens (tertiary/aromatic N) is 4. The van der Waals surface area contributed by atoms with Crippen LogP contribution in [0.2, 0.25) is 5.02 Å². The highest BCUT2D eigenvalue weighted by molar-refractivity contribution is 7.80. The number of hydrogen-bond acceptors (Lipinski definition) is 4. The Kier molecular flexibility index (Phi) is 7.51. The standard InChI is InChI=1S/C28H34ClN5OS/c1-19-15-20(2)18-33(17-19)24-10-9-21(16-22(24)29)34-27(25-8-6-12-32(25)13-14-35-3)26(31-28(34)36)23-7-4-5-11-30-23/h4-12,16,19-20,26-27H,13-15,17-18H2,1-3H3,(H,31,36)/t19-,20+,26-,27+/m0/s1. The van der Waals surface area contributed by atoms with Crippen molar-refractivity contribution in [3.63, 3.8) is 0 Å². The first-order valence-electron chi connectivity index (χ1n) is 12.7. The number of aromatic nitrogens is 2. The van der Waals surface area contributed by atoms with Crippen molar-refractivity contribution in [2.24, 2.45) is 11.8 Å². The smallest absolute Gasteiger partial charge is 0.174 e. The minimum absolute atomic E-state index is 0.0868. The van der Waals surface area contributed by atoms with Gasteiger partial charge in [-0.15, -0.1) is 0 Å². The van der Waals surface area contributed by atoms with Crippen LogP contribution in [0.25, 0.3) is 0 Å². The van der Waals surface area contributed by atoms with Gasteiger partial charge in [0, 0.05) is 50.5 Å². The largest absolute Gasteiger partial charge is 0.383 e. The van der Waals surface area contributed by atoms with Crippen LogP contribution in [0.1, 0.15) is 43.7 Å². The highest BCUT2D eigenvalue weighted by Gasteiger charge is 2.42. The molecule has 6 nitrogen and oxygen atoms in total. The van der Waals surface area contributed by atoms with Crippen LogP contribution >= 0.6 is 23.8 Å². The highest BCUT2D eigenvalue weighted by atomic mass is 35.5. The Morgan fingerprint density at radius 1 is 1.11 bits per heavy atom. The first kappa shape index (κ1) is 25.1. The number of pyridine rings is 1. The predicted octanol–water partition coefficient (Wildman–Crippen LogP) is 5.84. The van der Waals surface area contributed by atoms with Crippen molar-refractivity contribution < 1.29 is 4.74 Å². The number of benzene rings is 1. The fourth-order valence-electron chi connectivity index (χ4n) is 5.78. The minimum atomic E-state index is -0.0999. The van der Waals surface area contributed by atoms with E-state index in [1.807, 2.05) is 24.4 Å². The Labute approximate surface area is 224 Å². The molecule has 0 saturated carbocycles. The van der Waals surface area contributed by atoms with Crippen molar-refractivity contribution in [3.05, 3.63) is 77.3 Å². The van der Waals surface area contributed by atoms with Gasteiger partial charge in [0.15, 0.2) is 5.11 Å². The molecule has 0 radical (unpaired) electrons. The molecule has 2 aliphatic heterocycles. The molecule has 1 N–H and O–H groups in total. The van der Waals surface area contributed by atoms with E-state index in [0.29, 0.717) is 23.6 Å². The van der Waals surface area contributed by atoms with Gasteiger partial charge < -0.3 is 24.4 Å². The molecule has 5 rings (SSSR count). The number of nitrogens with one attached hydrogen (secondary N) is 1. The minimum Gasteiger partial charge on any atom is -0.383 e. The number of piperidine rings is 1. The molecule has 36 heavy (non-hydrogen) atoms. The maximum Gasteiger partial charge on any atom is 0.174 e. The van der Waals surface area contributed by atoms with Crippen LogP contribution in [0.4, 0.5) is 11.4 Å². The molecular weight excluding hydrogens is 490 g/mol. The molecule has 2 aliphatic rings. The maximum atomic E-state index is 6.94. The second-order valence-corrected chi connectivity index (χ2v) is 10.9. The zero-order valence-electron chi connectivity index (χ0n) is 21.1. The van der Waals surface area contributed by atoms with Gasteiger partial charge in [0.25, 0.3) is 0 Å². The fraction of sp³-hybridized carbons (Fsp3) is 0.429. The Morgan fingerprint density at radius 2 is 1.92 bits per heavy atom. The summed E-state index contributed by atoms with van der Waals surface area (Å²) in [6, 6.07) is 16.4. The zero-order chi connectivity index (χ0) is 25.2. The van der Waals surface area contributed by atoms with Gasteiger partial charge in [0.2, 0.25) is 0 Å². The van der Waals surface area contributed by atoms with Crippen molar-refractivity contribution in [2.45, 2.75) is 38.9 Å². The topological polar surface area (TPSA) is 45.6 Å². The molecule has 4 atom stereocenters. The van der Waals surface area contributed by atoms with Gasteiger partial charge in [0.1, 0.15) is 6.04 Å². The van der Waals surface area contributed by atoms with Crippen LogP contribution in [0.15, 0.2) is 60.9 Å². The van der Waals surface area contributed by atoms with Crippen LogP contribution in [-0.2, 0) is 11.3 Å². The van der Waals surface area contributed by atoms with Gasteiger partial charge in [-0.3, -0.25) is 4.98 Å². The van der Waals surface area contributed by atoms with E-state index in [-0.39, 0.29) is 12.1 Å². The second-order valence-electron chi connectivity index (χ2n) is 10.1. The molecule has 0 amide bonds. The van der Waals surface area contributed by atoms with Crippen LogP contribution in [0, 0.1) is 11.8 Å². The fourth-order valence-corrected chi connectivity index (χ4v) is 6.42. The summed E-state index contributed by atoms with van der Waals surface area (Å²) in [6.07, 6.45) is 5.19. The lowest BCUT2D eigenvalue weighted by molar-refractivity contribution is 0.186. The van der Waals surface area contributed by atoms with E-state index in [1.54, 1.807) is 7.11 Å². The lowest BCUT2D eigenvalue weighted by atomic mass is 9.91. The quantitative estimate of drug-likeness (QED) is 0.392. The molecule has 190 valence electrons. The summed E-state index contributed by atoms with van der Waals surface area (Å²) in [5, 5.41) is 4.97. The van der Waals surface area contributed by atoms with E-state index >= 15 is 0 Å². The molecule has 0 aliphatic carbocycles. The highest BCUT2D eigenvalue weighted by Crippen LogP contribution is 2.43. The first-order valence-corrected chi connectivity index (χ1v) is 13.4. The Bertz CT molecular complexity index is 1190. The van der Waals surface area contributed by atoms with Gasteiger partial charge in [-0.2, -0.15) is 0 Å². The SMILES string of the molecule is COCCn1cccc1[C@@H]1[C@H](c2ccccn2)NC(=S)N1c1ccc(N2C[C@H](C)C[C@H](C)C2)c(Cl)c1. The first-order chi connectivity index (χ1) is 17.5. The van der Waals surface area contributed by atoms with Crippen molar-refractivity contribution in [1.29, 1.82) is 0 Å². The van der Waals surface area contributed by atoms with Crippen LogP contribution < -0.4 is 15.1 Å².